The zero-order chi connectivity index (χ0) is 14.7. The number of hydrogen-bond donors (Lipinski definition) is 1. The molecule has 0 saturated heterocycles. The molecule has 0 spiro atoms. The lowest BCUT2D eigenvalue weighted by Gasteiger charge is -2.05. The van der Waals surface area contributed by atoms with Crippen LogP contribution >= 0.6 is 0 Å². The standard InChI is InChI=1S/C16H14N4O/c1-12(21)18-16-11-14(13-7-3-2-4-8-13)19-20(16)15-9-5-6-10-17-15/h2-11H,1H3,(H,18,21). The largest absolute Gasteiger partial charge is 0.311 e. The van der Waals surface area contributed by atoms with Gasteiger partial charge in [-0.2, -0.15) is 9.78 Å². The van der Waals surface area contributed by atoms with E-state index >= 15 is 0 Å². The van der Waals surface area contributed by atoms with Crippen molar-refractivity contribution < 1.29 is 4.79 Å². The lowest BCUT2D eigenvalue weighted by molar-refractivity contribution is -0.114. The van der Waals surface area contributed by atoms with Gasteiger partial charge >= 0.3 is 0 Å². The van der Waals surface area contributed by atoms with Crippen LogP contribution in [0.1, 0.15) is 6.92 Å². The van der Waals surface area contributed by atoms with Crippen LogP contribution in [0, 0.1) is 0 Å². The number of rotatable bonds is 3. The Balaban J connectivity index is 2.10. The van der Waals surface area contributed by atoms with Crippen molar-refractivity contribution in [3.8, 4) is 17.1 Å². The molecule has 0 unspecified atom stereocenters. The first-order valence-electron chi connectivity index (χ1n) is 6.58. The van der Waals surface area contributed by atoms with Crippen molar-refractivity contribution in [1.29, 1.82) is 0 Å². The van der Waals surface area contributed by atoms with Crippen LogP contribution < -0.4 is 5.32 Å². The summed E-state index contributed by atoms with van der Waals surface area (Å²) in [6.07, 6.45) is 1.69. The van der Waals surface area contributed by atoms with E-state index in [2.05, 4.69) is 15.4 Å². The van der Waals surface area contributed by atoms with Crippen LogP contribution in [0.5, 0.6) is 0 Å². The number of aromatic nitrogens is 3. The number of carbonyl (C=O) groups is 1. The Hall–Kier alpha value is -2.95. The van der Waals surface area contributed by atoms with Gasteiger partial charge in [0.1, 0.15) is 5.82 Å². The van der Waals surface area contributed by atoms with Crippen LogP contribution in [-0.2, 0) is 4.79 Å². The van der Waals surface area contributed by atoms with Crippen molar-refractivity contribution in [2.75, 3.05) is 5.32 Å². The van der Waals surface area contributed by atoms with Gasteiger partial charge in [-0.15, -0.1) is 0 Å². The lowest BCUT2D eigenvalue weighted by atomic mass is 10.2. The van der Waals surface area contributed by atoms with Crippen LogP contribution in [0.4, 0.5) is 5.82 Å². The maximum absolute atomic E-state index is 11.4. The molecular weight excluding hydrogens is 264 g/mol. The van der Waals surface area contributed by atoms with Gasteiger partial charge in [0.15, 0.2) is 5.82 Å². The monoisotopic (exact) mass is 278 g/mol. The van der Waals surface area contributed by atoms with E-state index in [1.165, 1.54) is 6.92 Å². The maximum Gasteiger partial charge on any atom is 0.222 e. The SMILES string of the molecule is CC(=O)Nc1cc(-c2ccccc2)nn1-c1ccccn1. The smallest absolute Gasteiger partial charge is 0.222 e. The van der Waals surface area contributed by atoms with E-state index in [1.54, 1.807) is 10.9 Å². The summed E-state index contributed by atoms with van der Waals surface area (Å²) in [5, 5.41) is 7.33. The minimum absolute atomic E-state index is 0.147. The summed E-state index contributed by atoms with van der Waals surface area (Å²) in [5.41, 5.74) is 1.77. The van der Waals surface area contributed by atoms with Crippen LogP contribution in [0.15, 0.2) is 60.8 Å². The number of anilines is 1. The first kappa shape index (κ1) is 13.1. The van der Waals surface area contributed by atoms with Crippen molar-refractivity contribution >= 4 is 11.7 Å². The van der Waals surface area contributed by atoms with Crippen LogP contribution in [0.3, 0.4) is 0 Å². The molecule has 3 rings (SSSR count). The van der Waals surface area contributed by atoms with E-state index in [0.29, 0.717) is 11.6 Å². The van der Waals surface area contributed by atoms with Crippen LogP contribution in [0.25, 0.3) is 17.1 Å². The molecule has 5 heteroatoms. The molecule has 1 N–H and O–H groups in total. The van der Waals surface area contributed by atoms with Crippen LogP contribution in [-0.4, -0.2) is 20.7 Å². The summed E-state index contributed by atoms with van der Waals surface area (Å²) >= 11 is 0. The summed E-state index contributed by atoms with van der Waals surface area (Å²) in [6.45, 7) is 1.47. The molecule has 0 aliphatic carbocycles. The molecule has 21 heavy (non-hydrogen) atoms. The highest BCUT2D eigenvalue weighted by Gasteiger charge is 2.12. The molecule has 0 atom stereocenters. The van der Waals surface area contributed by atoms with Crippen molar-refractivity contribution in [1.82, 2.24) is 14.8 Å². The molecule has 104 valence electrons. The summed E-state index contributed by atoms with van der Waals surface area (Å²) in [6, 6.07) is 17.2. The van der Waals surface area contributed by atoms with Gasteiger partial charge in [0, 0.05) is 24.8 Å². The Bertz CT molecular complexity index is 750. The second-order valence-electron chi connectivity index (χ2n) is 4.56. The third-order valence-corrected chi connectivity index (χ3v) is 2.95. The van der Waals surface area contributed by atoms with E-state index in [4.69, 9.17) is 0 Å². The van der Waals surface area contributed by atoms with E-state index in [9.17, 15) is 4.79 Å². The van der Waals surface area contributed by atoms with Crippen molar-refractivity contribution in [3.63, 3.8) is 0 Å². The number of pyridine rings is 1. The molecule has 0 radical (unpaired) electrons. The maximum atomic E-state index is 11.4. The predicted molar refractivity (Wildman–Crippen MR) is 81.1 cm³/mol. The molecule has 2 aromatic heterocycles. The Morgan fingerprint density at radius 3 is 2.52 bits per heavy atom. The molecule has 0 aliphatic rings. The summed E-state index contributed by atoms with van der Waals surface area (Å²) in [7, 11) is 0. The van der Waals surface area contributed by atoms with Crippen LogP contribution in [0.2, 0.25) is 0 Å². The lowest BCUT2D eigenvalue weighted by Crippen LogP contribution is -2.11. The minimum Gasteiger partial charge on any atom is -0.311 e. The molecular formula is C16H14N4O. The normalized spacial score (nSPS) is 10.3. The number of benzene rings is 1. The molecule has 0 fully saturated rings. The Kier molecular flexibility index (Phi) is 3.47. The number of hydrogen-bond acceptors (Lipinski definition) is 3. The molecule has 1 amide bonds. The van der Waals surface area contributed by atoms with E-state index in [-0.39, 0.29) is 5.91 Å². The molecule has 0 bridgehead atoms. The first-order valence-corrected chi connectivity index (χ1v) is 6.58. The second-order valence-corrected chi connectivity index (χ2v) is 4.56. The average Bonchev–Trinajstić information content (AvgIpc) is 2.92. The van der Waals surface area contributed by atoms with Gasteiger partial charge in [-0.25, -0.2) is 4.98 Å². The summed E-state index contributed by atoms with van der Waals surface area (Å²) < 4.78 is 1.63. The Labute approximate surface area is 122 Å². The van der Waals surface area contributed by atoms with E-state index in [1.807, 2.05) is 54.6 Å². The Morgan fingerprint density at radius 2 is 1.86 bits per heavy atom. The first-order chi connectivity index (χ1) is 10.2. The number of nitrogens with one attached hydrogen (secondary N) is 1. The van der Waals surface area contributed by atoms with Gasteiger partial charge in [-0.05, 0) is 12.1 Å². The highest BCUT2D eigenvalue weighted by molar-refractivity contribution is 5.88. The molecule has 2 heterocycles. The highest BCUT2D eigenvalue weighted by atomic mass is 16.1. The molecule has 0 aliphatic heterocycles. The topological polar surface area (TPSA) is 59.8 Å². The number of nitrogens with zero attached hydrogens (tertiary/aromatic N) is 3. The second kappa shape index (κ2) is 5.58. The molecule has 0 saturated carbocycles. The summed E-state index contributed by atoms with van der Waals surface area (Å²) in [5.74, 6) is 1.11. The Morgan fingerprint density at radius 1 is 1.10 bits per heavy atom. The predicted octanol–water partition coefficient (Wildman–Crippen LogP) is 2.89. The fourth-order valence-electron chi connectivity index (χ4n) is 2.05. The number of amides is 1. The van der Waals surface area contributed by atoms with Crippen molar-refractivity contribution in [2.45, 2.75) is 6.92 Å². The number of carbonyl (C=O) groups excluding carboxylic acids is 1. The van der Waals surface area contributed by atoms with Gasteiger partial charge in [0.05, 0.1) is 5.69 Å². The van der Waals surface area contributed by atoms with E-state index < -0.39 is 0 Å². The van der Waals surface area contributed by atoms with Gasteiger partial charge in [0.25, 0.3) is 0 Å². The zero-order valence-corrected chi connectivity index (χ0v) is 11.5. The van der Waals surface area contributed by atoms with Gasteiger partial charge in [0.2, 0.25) is 5.91 Å². The van der Waals surface area contributed by atoms with Gasteiger partial charge < -0.3 is 5.32 Å². The summed E-state index contributed by atoms with van der Waals surface area (Å²) in [4.78, 5) is 15.6. The van der Waals surface area contributed by atoms with Crippen molar-refractivity contribution in [2.24, 2.45) is 0 Å². The fourth-order valence-corrected chi connectivity index (χ4v) is 2.05. The third-order valence-electron chi connectivity index (χ3n) is 2.95. The fraction of sp³-hybridized carbons (Fsp3) is 0.0625. The average molecular weight is 278 g/mol. The van der Waals surface area contributed by atoms with Crippen molar-refractivity contribution in [3.05, 3.63) is 60.8 Å². The minimum atomic E-state index is -0.147. The molecule has 5 nitrogen and oxygen atoms in total. The van der Waals surface area contributed by atoms with Gasteiger partial charge in [-0.3, -0.25) is 4.79 Å². The zero-order valence-electron chi connectivity index (χ0n) is 11.5. The van der Waals surface area contributed by atoms with Gasteiger partial charge in [-0.1, -0.05) is 36.4 Å². The highest BCUT2D eigenvalue weighted by Crippen LogP contribution is 2.23. The third kappa shape index (κ3) is 2.81. The molecule has 3 aromatic rings. The quantitative estimate of drug-likeness (QED) is 0.801. The molecule has 1 aromatic carbocycles. The van der Waals surface area contributed by atoms with E-state index in [0.717, 1.165) is 11.3 Å².